The van der Waals surface area contributed by atoms with E-state index in [1.54, 1.807) is 6.20 Å². The van der Waals surface area contributed by atoms with Gasteiger partial charge in [-0.25, -0.2) is 0 Å². The van der Waals surface area contributed by atoms with E-state index in [0.717, 1.165) is 14.8 Å². The molecule has 0 saturated heterocycles. The van der Waals surface area contributed by atoms with E-state index < -0.39 is 0 Å². The quantitative estimate of drug-likeness (QED) is 0.833. The average Bonchev–Trinajstić information content (AvgIpc) is 2.68. The highest BCUT2D eigenvalue weighted by molar-refractivity contribution is 14.1. The topological polar surface area (TPSA) is 57.8 Å². The van der Waals surface area contributed by atoms with E-state index in [1.165, 1.54) is 0 Å². The Labute approximate surface area is 107 Å². The lowest BCUT2D eigenvalue weighted by Crippen LogP contribution is -2.14. The van der Waals surface area contributed by atoms with Crippen LogP contribution < -0.4 is 5.32 Å². The Bertz CT molecular complexity index is 521. The number of benzene rings is 1. The van der Waals surface area contributed by atoms with Crippen molar-refractivity contribution in [1.82, 2.24) is 10.2 Å². The summed E-state index contributed by atoms with van der Waals surface area (Å²) in [5.74, 6) is -0.170. The second kappa shape index (κ2) is 4.65. The van der Waals surface area contributed by atoms with Gasteiger partial charge in [0.2, 0.25) is 0 Å². The van der Waals surface area contributed by atoms with E-state index in [4.69, 9.17) is 0 Å². The molecule has 0 radical (unpaired) electrons. The highest BCUT2D eigenvalue weighted by atomic mass is 127. The van der Waals surface area contributed by atoms with Crippen LogP contribution in [0.15, 0.2) is 30.5 Å². The number of hydrogen-bond acceptors (Lipinski definition) is 2. The number of nitrogens with one attached hydrogen (secondary N) is 2. The van der Waals surface area contributed by atoms with Crippen molar-refractivity contribution in [3.63, 3.8) is 0 Å². The van der Waals surface area contributed by atoms with Crippen LogP contribution in [0.25, 0.3) is 0 Å². The van der Waals surface area contributed by atoms with E-state index >= 15 is 0 Å². The third-order valence-electron chi connectivity index (χ3n) is 2.21. The van der Waals surface area contributed by atoms with Crippen LogP contribution >= 0.6 is 22.6 Å². The summed E-state index contributed by atoms with van der Waals surface area (Å²) in [6, 6.07) is 7.65. The minimum Gasteiger partial charge on any atom is -0.320 e. The fourth-order valence-electron chi connectivity index (χ4n) is 1.33. The molecule has 2 rings (SSSR count). The van der Waals surface area contributed by atoms with Gasteiger partial charge in [0.05, 0.1) is 9.77 Å². The highest BCUT2D eigenvalue weighted by Gasteiger charge is 2.12. The lowest BCUT2D eigenvalue weighted by Gasteiger charge is -2.06. The van der Waals surface area contributed by atoms with Crippen molar-refractivity contribution >= 4 is 34.2 Å². The molecule has 5 heteroatoms. The van der Waals surface area contributed by atoms with Gasteiger partial charge >= 0.3 is 0 Å². The number of anilines is 1. The molecule has 0 spiro atoms. The summed E-state index contributed by atoms with van der Waals surface area (Å²) in [7, 11) is 0. The largest absolute Gasteiger partial charge is 0.320 e. The molecule has 82 valence electrons. The third kappa shape index (κ3) is 2.24. The molecule has 2 aromatic rings. The molecule has 0 fully saturated rings. The van der Waals surface area contributed by atoms with Crippen LogP contribution in [-0.4, -0.2) is 16.1 Å². The molecule has 2 N–H and O–H groups in total. The van der Waals surface area contributed by atoms with Crippen molar-refractivity contribution < 1.29 is 4.79 Å². The molecule has 0 atom stereocenters. The van der Waals surface area contributed by atoms with E-state index in [-0.39, 0.29) is 5.91 Å². The smallest absolute Gasteiger partial charge is 0.274 e. The first-order valence-electron chi connectivity index (χ1n) is 4.74. The number of aryl methyl sites for hydroxylation is 1. The van der Waals surface area contributed by atoms with Crippen LogP contribution in [0.1, 0.15) is 16.1 Å². The maximum atomic E-state index is 11.9. The molecule has 16 heavy (non-hydrogen) atoms. The van der Waals surface area contributed by atoms with E-state index in [1.807, 2.05) is 31.2 Å². The molecule has 1 aromatic carbocycles. The summed E-state index contributed by atoms with van der Waals surface area (Å²) < 4.78 is 0.809. The fraction of sp³-hybridized carbons (Fsp3) is 0.0909. The average molecular weight is 327 g/mol. The first-order chi connectivity index (χ1) is 7.68. The number of carbonyl (C=O) groups excluding carboxylic acids is 1. The maximum absolute atomic E-state index is 11.9. The second-order valence-electron chi connectivity index (χ2n) is 3.36. The predicted octanol–water partition coefficient (Wildman–Crippen LogP) is 2.58. The predicted molar refractivity (Wildman–Crippen MR) is 70.4 cm³/mol. The summed E-state index contributed by atoms with van der Waals surface area (Å²) in [6.45, 7) is 1.95. The normalized spacial score (nSPS) is 10.1. The maximum Gasteiger partial charge on any atom is 0.274 e. The molecule has 0 bridgehead atoms. The monoisotopic (exact) mass is 327 g/mol. The van der Waals surface area contributed by atoms with Gasteiger partial charge in [0.25, 0.3) is 5.91 Å². The number of rotatable bonds is 2. The Morgan fingerprint density at radius 3 is 2.81 bits per heavy atom. The van der Waals surface area contributed by atoms with Crippen molar-refractivity contribution in [2.24, 2.45) is 0 Å². The van der Waals surface area contributed by atoms with Crippen molar-refractivity contribution in [3.8, 4) is 0 Å². The number of amides is 1. The van der Waals surface area contributed by atoms with Crippen LogP contribution in [0, 0.1) is 10.5 Å². The van der Waals surface area contributed by atoms with E-state index in [9.17, 15) is 4.79 Å². The molecule has 0 unspecified atom stereocenters. The summed E-state index contributed by atoms with van der Waals surface area (Å²) in [5, 5.41) is 9.33. The number of aromatic amines is 1. The third-order valence-corrected chi connectivity index (χ3v) is 3.03. The number of halogens is 1. The summed E-state index contributed by atoms with van der Waals surface area (Å²) >= 11 is 2.07. The zero-order valence-corrected chi connectivity index (χ0v) is 10.8. The molecular weight excluding hydrogens is 317 g/mol. The minimum atomic E-state index is -0.170. The van der Waals surface area contributed by atoms with Gasteiger partial charge in [-0.2, -0.15) is 5.10 Å². The Morgan fingerprint density at radius 2 is 2.19 bits per heavy atom. The van der Waals surface area contributed by atoms with Gasteiger partial charge in [-0.05, 0) is 41.1 Å². The van der Waals surface area contributed by atoms with Gasteiger partial charge in [0.1, 0.15) is 5.69 Å². The van der Waals surface area contributed by atoms with Gasteiger partial charge in [-0.1, -0.05) is 18.2 Å². The number of carbonyl (C=O) groups is 1. The molecule has 0 saturated carbocycles. The van der Waals surface area contributed by atoms with Crippen molar-refractivity contribution in [2.45, 2.75) is 6.92 Å². The minimum absolute atomic E-state index is 0.170. The molecule has 4 nitrogen and oxygen atoms in total. The first kappa shape index (κ1) is 11.1. The van der Waals surface area contributed by atoms with Crippen molar-refractivity contribution in [3.05, 3.63) is 45.3 Å². The summed E-state index contributed by atoms with van der Waals surface area (Å²) in [5.41, 5.74) is 2.34. The van der Waals surface area contributed by atoms with Crippen molar-refractivity contribution in [1.29, 1.82) is 0 Å². The Morgan fingerprint density at radius 1 is 1.44 bits per heavy atom. The molecule has 1 amide bonds. The fourth-order valence-corrected chi connectivity index (χ4v) is 1.83. The Kier molecular flexibility index (Phi) is 3.23. The second-order valence-corrected chi connectivity index (χ2v) is 4.52. The zero-order chi connectivity index (χ0) is 11.5. The summed E-state index contributed by atoms with van der Waals surface area (Å²) in [6.07, 6.45) is 1.62. The zero-order valence-electron chi connectivity index (χ0n) is 8.62. The number of H-pyrrole nitrogens is 1. The summed E-state index contributed by atoms with van der Waals surface area (Å²) in [4.78, 5) is 11.9. The Hall–Kier alpha value is -1.37. The lowest BCUT2D eigenvalue weighted by atomic mass is 10.2. The van der Waals surface area contributed by atoms with Gasteiger partial charge in [0, 0.05) is 5.69 Å². The highest BCUT2D eigenvalue weighted by Crippen LogP contribution is 2.15. The number of para-hydroxylation sites is 1. The molecule has 0 aliphatic carbocycles. The van der Waals surface area contributed by atoms with Crippen molar-refractivity contribution in [2.75, 3.05) is 5.32 Å². The SMILES string of the molecule is Cc1ccccc1NC(=O)c1[nH]ncc1I. The van der Waals surface area contributed by atoms with Gasteiger partial charge in [-0.15, -0.1) is 0 Å². The molecule has 1 heterocycles. The van der Waals surface area contributed by atoms with Crippen LogP contribution in [0.4, 0.5) is 5.69 Å². The van der Waals surface area contributed by atoms with E-state index in [0.29, 0.717) is 5.69 Å². The number of hydrogen-bond donors (Lipinski definition) is 2. The van der Waals surface area contributed by atoms with Crippen LogP contribution in [0.2, 0.25) is 0 Å². The first-order valence-corrected chi connectivity index (χ1v) is 5.82. The van der Waals surface area contributed by atoms with Crippen LogP contribution in [0.3, 0.4) is 0 Å². The van der Waals surface area contributed by atoms with Gasteiger partial charge in [0.15, 0.2) is 0 Å². The van der Waals surface area contributed by atoms with Gasteiger partial charge in [-0.3, -0.25) is 9.89 Å². The number of nitrogens with zero attached hydrogens (tertiary/aromatic N) is 1. The Balaban J connectivity index is 2.21. The number of aromatic nitrogens is 2. The molecule has 1 aromatic heterocycles. The molecular formula is C11H10IN3O. The molecule has 0 aliphatic heterocycles. The lowest BCUT2D eigenvalue weighted by molar-refractivity contribution is 0.102. The standard InChI is InChI=1S/C11H10IN3O/c1-7-4-2-3-5-9(7)14-11(16)10-8(12)6-13-15-10/h2-6H,1H3,(H,13,15)(H,14,16). The molecule has 0 aliphatic rings. The van der Waals surface area contributed by atoms with Gasteiger partial charge < -0.3 is 5.32 Å². The van der Waals surface area contributed by atoms with Crippen LogP contribution in [-0.2, 0) is 0 Å². The van der Waals surface area contributed by atoms with E-state index in [2.05, 4.69) is 38.1 Å². The van der Waals surface area contributed by atoms with Crippen LogP contribution in [0.5, 0.6) is 0 Å².